The molecule has 1 aromatic carbocycles. The van der Waals surface area contributed by atoms with Crippen molar-refractivity contribution in [3.05, 3.63) is 67.8 Å². The van der Waals surface area contributed by atoms with Gasteiger partial charge in [0.15, 0.2) is 0 Å². The Kier molecular flexibility index (Phi) is 8.03. The minimum absolute atomic E-state index is 0.00840. The Morgan fingerprint density at radius 1 is 1.18 bits per heavy atom. The number of thiocarbonyl (C=S) groups is 1. The highest BCUT2D eigenvalue weighted by atomic mass is 32.2. The van der Waals surface area contributed by atoms with Gasteiger partial charge in [-0.15, -0.1) is 0 Å². The Hall–Kier alpha value is -2.93. The Labute approximate surface area is 233 Å². The van der Waals surface area contributed by atoms with Crippen molar-refractivity contribution in [3.8, 4) is 6.07 Å². The molecule has 198 valence electrons. The molecule has 4 heterocycles. The maximum absolute atomic E-state index is 13.4. The highest BCUT2D eigenvalue weighted by Crippen LogP contribution is 2.37. The van der Waals surface area contributed by atoms with Gasteiger partial charge in [-0.3, -0.25) is 19.1 Å². The first-order valence-electron chi connectivity index (χ1n) is 13.2. The number of rotatable bonds is 6. The molecule has 38 heavy (non-hydrogen) atoms. The molecule has 0 saturated carbocycles. The molecule has 3 saturated heterocycles. The topological polar surface area (TPSA) is 78.6 Å². The maximum Gasteiger partial charge on any atom is 0.270 e. The van der Waals surface area contributed by atoms with Crippen LogP contribution in [0.5, 0.6) is 0 Å². The number of pyridine rings is 1. The third-order valence-corrected chi connectivity index (χ3v) is 9.19. The zero-order valence-electron chi connectivity index (χ0n) is 21.8. The van der Waals surface area contributed by atoms with E-state index in [1.807, 2.05) is 12.1 Å². The van der Waals surface area contributed by atoms with Crippen LogP contribution in [0.3, 0.4) is 0 Å². The van der Waals surface area contributed by atoms with E-state index in [1.54, 1.807) is 23.4 Å². The first-order chi connectivity index (χ1) is 18.4. The molecule has 3 fully saturated rings. The Bertz CT molecular complexity index is 1360. The third-order valence-electron chi connectivity index (χ3n) is 7.81. The molecule has 0 aliphatic carbocycles. The number of carbonyl (C=O) groups is 1. The normalized spacial score (nSPS) is 21.5. The molecule has 9 heteroatoms. The Morgan fingerprint density at radius 2 is 1.92 bits per heavy atom. The molecule has 1 amide bonds. The molecule has 5 rings (SSSR count). The van der Waals surface area contributed by atoms with Crippen molar-refractivity contribution in [2.45, 2.75) is 45.1 Å². The summed E-state index contributed by atoms with van der Waals surface area (Å²) in [5, 5.41) is 9.77. The van der Waals surface area contributed by atoms with Crippen LogP contribution < -0.4 is 10.5 Å². The molecule has 0 spiro atoms. The van der Waals surface area contributed by atoms with Gasteiger partial charge in [0, 0.05) is 32.3 Å². The van der Waals surface area contributed by atoms with Gasteiger partial charge in [-0.25, -0.2) is 0 Å². The number of ether oxygens (including phenoxy) is 1. The molecule has 3 aliphatic rings. The summed E-state index contributed by atoms with van der Waals surface area (Å²) < 4.78 is 7.81. The van der Waals surface area contributed by atoms with Crippen molar-refractivity contribution >= 4 is 46.1 Å². The molecular weight excluding hydrogens is 516 g/mol. The number of hydrogen-bond acceptors (Lipinski definition) is 7. The summed E-state index contributed by atoms with van der Waals surface area (Å²) in [7, 11) is 1.72. The highest BCUT2D eigenvalue weighted by molar-refractivity contribution is 8.26. The van der Waals surface area contributed by atoms with Gasteiger partial charge in [-0.1, -0.05) is 54.3 Å². The van der Waals surface area contributed by atoms with Crippen molar-refractivity contribution in [3.63, 3.8) is 0 Å². The first-order valence-corrected chi connectivity index (χ1v) is 14.4. The predicted molar refractivity (Wildman–Crippen MR) is 155 cm³/mol. The summed E-state index contributed by atoms with van der Waals surface area (Å²) in [5.41, 5.74) is 2.48. The fourth-order valence-electron chi connectivity index (χ4n) is 5.67. The third kappa shape index (κ3) is 5.31. The number of anilines is 1. The van der Waals surface area contributed by atoms with Gasteiger partial charge in [0.25, 0.3) is 11.5 Å². The number of thioether (sulfide) groups is 1. The summed E-state index contributed by atoms with van der Waals surface area (Å²) in [4.78, 5) is 30.9. The Morgan fingerprint density at radius 3 is 2.58 bits per heavy atom. The molecule has 2 aromatic rings. The number of aromatic nitrogens is 1. The summed E-state index contributed by atoms with van der Waals surface area (Å²) in [6, 6.07) is 12.6. The van der Waals surface area contributed by atoms with Crippen molar-refractivity contribution in [2.24, 2.45) is 13.0 Å². The lowest BCUT2D eigenvalue weighted by atomic mass is 9.90. The molecule has 1 atom stereocenters. The van der Waals surface area contributed by atoms with Crippen molar-refractivity contribution < 1.29 is 9.53 Å². The molecular formula is C29H32N4O3S2. The summed E-state index contributed by atoms with van der Waals surface area (Å²) in [6.07, 6.45) is 6.81. The van der Waals surface area contributed by atoms with Gasteiger partial charge >= 0.3 is 0 Å². The van der Waals surface area contributed by atoms with Gasteiger partial charge in [-0.05, 0) is 62.1 Å². The lowest BCUT2D eigenvalue weighted by molar-refractivity contribution is -0.123. The van der Waals surface area contributed by atoms with Gasteiger partial charge in [0.2, 0.25) is 0 Å². The fourth-order valence-corrected chi connectivity index (χ4v) is 6.93. The van der Waals surface area contributed by atoms with E-state index in [0.717, 1.165) is 63.2 Å². The lowest BCUT2D eigenvalue weighted by Gasteiger charge is -2.36. The average molecular weight is 549 g/mol. The van der Waals surface area contributed by atoms with Crippen LogP contribution in [0.4, 0.5) is 5.82 Å². The summed E-state index contributed by atoms with van der Waals surface area (Å²) >= 11 is 6.83. The highest BCUT2D eigenvalue weighted by Gasteiger charge is 2.35. The van der Waals surface area contributed by atoms with E-state index in [4.69, 9.17) is 17.0 Å². The molecule has 0 bridgehead atoms. The molecule has 1 unspecified atom stereocenters. The van der Waals surface area contributed by atoms with E-state index in [9.17, 15) is 14.9 Å². The maximum atomic E-state index is 13.4. The van der Waals surface area contributed by atoms with Crippen molar-refractivity contribution in [1.82, 2.24) is 9.47 Å². The van der Waals surface area contributed by atoms with Crippen LogP contribution in [0, 0.1) is 24.2 Å². The number of piperidine rings is 1. The minimum atomic E-state index is -0.311. The molecule has 0 N–H and O–H groups in total. The zero-order chi connectivity index (χ0) is 26.8. The monoisotopic (exact) mass is 548 g/mol. The second kappa shape index (κ2) is 11.4. The van der Waals surface area contributed by atoms with Crippen LogP contribution >= 0.6 is 24.0 Å². The van der Waals surface area contributed by atoms with Gasteiger partial charge in [0.1, 0.15) is 21.8 Å². The lowest BCUT2D eigenvalue weighted by Crippen LogP contribution is -2.39. The number of nitriles is 1. The predicted octanol–water partition coefficient (Wildman–Crippen LogP) is 4.40. The number of amides is 1. The van der Waals surface area contributed by atoms with Crippen LogP contribution in [0.2, 0.25) is 0 Å². The molecule has 3 aliphatic heterocycles. The SMILES string of the molecule is Cc1c(C=C2SC(=S)N(CC3CCCO3)C2=O)c(N2CCC(Cc3ccccc3)CC2)n(C)c(=O)c1C#N. The standard InChI is InChI=1S/C29H32N4O3S2/c1-19-23(16-25-28(35)33(29(37)38-25)18-22-9-6-14-36-22)26(31(2)27(34)24(19)17-30)32-12-10-21(11-13-32)15-20-7-4-3-5-8-20/h3-5,7-8,16,21-22H,6,9-15,18H2,1-2H3. The number of nitrogens with zero attached hydrogens (tertiary/aromatic N) is 4. The smallest absolute Gasteiger partial charge is 0.270 e. The number of hydrogen-bond donors (Lipinski definition) is 0. The van der Waals surface area contributed by atoms with Gasteiger partial charge < -0.3 is 9.64 Å². The van der Waals surface area contributed by atoms with Gasteiger partial charge in [-0.2, -0.15) is 5.26 Å². The second-order valence-corrected chi connectivity index (χ2v) is 11.9. The van der Waals surface area contributed by atoms with Crippen LogP contribution in [0.25, 0.3) is 6.08 Å². The molecule has 0 radical (unpaired) electrons. The largest absolute Gasteiger partial charge is 0.376 e. The summed E-state index contributed by atoms with van der Waals surface area (Å²) in [6.45, 7) is 4.58. The average Bonchev–Trinajstić information content (AvgIpc) is 3.53. The molecule has 7 nitrogen and oxygen atoms in total. The van der Waals surface area contributed by atoms with E-state index in [2.05, 4.69) is 35.2 Å². The van der Waals surface area contributed by atoms with E-state index in [1.165, 1.54) is 17.3 Å². The van der Waals surface area contributed by atoms with E-state index in [-0.39, 0.29) is 23.1 Å². The number of benzene rings is 1. The fraction of sp³-hybridized carbons (Fsp3) is 0.448. The van der Waals surface area contributed by atoms with Crippen LogP contribution in [0.15, 0.2) is 40.0 Å². The van der Waals surface area contributed by atoms with Gasteiger partial charge in [0.05, 0.1) is 17.6 Å². The van der Waals surface area contributed by atoms with E-state index < -0.39 is 0 Å². The Balaban J connectivity index is 1.44. The van der Waals surface area contributed by atoms with Crippen LogP contribution in [-0.4, -0.2) is 52.0 Å². The summed E-state index contributed by atoms with van der Waals surface area (Å²) in [5.74, 6) is 1.19. The quantitative estimate of drug-likeness (QED) is 0.391. The van der Waals surface area contributed by atoms with E-state index >= 15 is 0 Å². The van der Waals surface area contributed by atoms with Crippen molar-refractivity contribution in [1.29, 1.82) is 5.26 Å². The molecule has 1 aromatic heterocycles. The number of carbonyl (C=O) groups excluding carboxylic acids is 1. The first kappa shape index (κ1) is 26.7. The van der Waals surface area contributed by atoms with Crippen molar-refractivity contribution in [2.75, 3.05) is 31.1 Å². The minimum Gasteiger partial charge on any atom is -0.376 e. The zero-order valence-corrected chi connectivity index (χ0v) is 23.4. The van der Waals surface area contributed by atoms with Crippen LogP contribution in [-0.2, 0) is 23.0 Å². The van der Waals surface area contributed by atoms with E-state index in [0.29, 0.717) is 27.3 Å². The van der Waals surface area contributed by atoms with Crippen LogP contribution in [0.1, 0.15) is 47.9 Å². The second-order valence-electron chi connectivity index (χ2n) is 10.3.